The van der Waals surface area contributed by atoms with Gasteiger partial charge in [-0.05, 0) is 36.2 Å². The van der Waals surface area contributed by atoms with Crippen LogP contribution in [-0.2, 0) is 41.5 Å². The number of carbonyl (C=O) groups is 3. The van der Waals surface area contributed by atoms with Gasteiger partial charge in [-0.25, -0.2) is 0 Å². The number of benzene rings is 2. The summed E-state index contributed by atoms with van der Waals surface area (Å²) in [6.45, 7) is 12.4. The lowest BCUT2D eigenvalue weighted by Crippen LogP contribution is -2.68. The van der Waals surface area contributed by atoms with Gasteiger partial charge in [0.25, 0.3) is 0 Å². The molecule has 7 nitrogen and oxygen atoms in total. The van der Waals surface area contributed by atoms with E-state index in [0.29, 0.717) is 0 Å². The molecule has 0 saturated carbocycles. The monoisotopic (exact) mass is 511 g/mol. The van der Waals surface area contributed by atoms with E-state index in [0.717, 1.165) is 11.1 Å². The van der Waals surface area contributed by atoms with Crippen molar-refractivity contribution < 1.29 is 28.3 Å². The van der Waals surface area contributed by atoms with Crippen LogP contribution in [0.2, 0.25) is 18.1 Å². The average Bonchev–Trinajstić information content (AvgIpc) is 2.81. The summed E-state index contributed by atoms with van der Waals surface area (Å²) in [5.41, 5.74) is 1.59. The number of amides is 1. The van der Waals surface area contributed by atoms with Gasteiger partial charge < -0.3 is 19.2 Å². The highest BCUT2D eigenvalue weighted by molar-refractivity contribution is 6.74. The van der Waals surface area contributed by atoms with Crippen molar-refractivity contribution in [3.05, 3.63) is 71.8 Å². The van der Waals surface area contributed by atoms with Crippen molar-refractivity contribution >= 4 is 26.2 Å². The zero-order valence-corrected chi connectivity index (χ0v) is 22.9. The summed E-state index contributed by atoms with van der Waals surface area (Å²) in [5, 5.41) is 2.70. The van der Waals surface area contributed by atoms with Gasteiger partial charge in [-0.2, -0.15) is 0 Å². The molecule has 1 aliphatic heterocycles. The zero-order chi connectivity index (χ0) is 26.5. The second kappa shape index (κ2) is 11.4. The molecule has 1 fully saturated rings. The fourth-order valence-electron chi connectivity index (χ4n) is 3.95. The first-order valence-electron chi connectivity index (χ1n) is 12.3. The minimum Gasteiger partial charge on any atom is -0.460 e. The predicted octanol–water partition coefficient (Wildman–Crippen LogP) is 4.61. The topological polar surface area (TPSA) is 90.9 Å². The number of ether oxygens (including phenoxy) is 2. The van der Waals surface area contributed by atoms with Crippen LogP contribution in [0.25, 0.3) is 0 Å². The van der Waals surface area contributed by atoms with Gasteiger partial charge in [-0.15, -0.1) is 0 Å². The molecule has 1 aliphatic rings. The van der Waals surface area contributed by atoms with Crippen LogP contribution in [0.1, 0.15) is 38.8 Å². The van der Waals surface area contributed by atoms with Gasteiger partial charge in [0.15, 0.2) is 14.2 Å². The normalized spacial score (nSPS) is 18.7. The molecule has 3 unspecified atom stereocenters. The van der Waals surface area contributed by atoms with E-state index in [4.69, 9.17) is 13.9 Å². The molecule has 3 atom stereocenters. The van der Waals surface area contributed by atoms with E-state index in [9.17, 15) is 14.4 Å². The van der Waals surface area contributed by atoms with Gasteiger partial charge in [-0.3, -0.25) is 14.4 Å². The van der Waals surface area contributed by atoms with Crippen LogP contribution in [-0.4, -0.2) is 38.3 Å². The summed E-state index contributed by atoms with van der Waals surface area (Å²) >= 11 is 0. The van der Waals surface area contributed by atoms with E-state index >= 15 is 0 Å². The second-order valence-corrected chi connectivity index (χ2v) is 15.6. The summed E-state index contributed by atoms with van der Waals surface area (Å²) in [4.78, 5) is 39.1. The number of hydrogen-bond acceptors (Lipinski definition) is 6. The quantitative estimate of drug-likeness (QED) is 0.217. The molecule has 0 spiro atoms. The standard InChI is InChI=1S/C28H37NO6Si/c1-19(35-36(5,6)28(2,3)4)22-24(29-25(22)30)23(26(31)33-17-20-13-9-7-10-14-20)27(32)34-18-21-15-11-8-12-16-21/h7-16,19,22-24H,17-18H2,1-6H3,(H,29,30). The highest BCUT2D eigenvalue weighted by atomic mass is 28.4. The summed E-state index contributed by atoms with van der Waals surface area (Å²) in [7, 11) is -2.19. The number of hydrogen-bond donors (Lipinski definition) is 1. The first-order chi connectivity index (χ1) is 16.9. The third-order valence-electron chi connectivity index (χ3n) is 7.11. The molecule has 1 N–H and O–H groups in total. The van der Waals surface area contributed by atoms with E-state index in [1.54, 1.807) is 0 Å². The Kier molecular flexibility index (Phi) is 8.74. The van der Waals surface area contributed by atoms with Crippen molar-refractivity contribution in [2.45, 2.75) is 71.2 Å². The molecule has 0 aliphatic carbocycles. The highest BCUT2D eigenvalue weighted by Crippen LogP contribution is 2.39. The molecule has 1 heterocycles. The summed E-state index contributed by atoms with van der Waals surface area (Å²) in [6.07, 6.45) is -0.476. The van der Waals surface area contributed by atoms with E-state index in [-0.39, 0.29) is 24.2 Å². The van der Waals surface area contributed by atoms with Crippen LogP contribution in [0, 0.1) is 11.8 Å². The van der Waals surface area contributed by atoms with Crippen LogP contribution in [0.4, 0.5) is 0 Å². The smallest absolute Gasteiger partial charge is 0.322 e. The first-order valence-corrected chi connectivity index (χ1v) is 15.2. The van der Waals surface area contributed by atoms with Crippen molar-refractivity contribution in [2.24, 2.45) is 11.8 Å². The molecule has 2 aromatic rings. The minimum absolute atomic E-state index is 0.0174. The molecule has 8 heteroatoms. The Labute approximate surface area is 214 Å². The summed E-state index contributed by atoms with van der Waals surface area (Å²) < 4.78 is 17.5. The summed E-state index contributed by atoms with van der Waals surface area (Å²) in [6, 6.07) is 17.7. The number of rotatable bonds is 10. The minimum atomic E-state index is -2.19. The summed E-state index contributed by atoms with van der Waals surface area (Å²) in [5.74, 6) is -3.68. The van der Waals surface area contributed by atoms with Crippen LogP contribution >= 0.6 is 0 Å². The molecule has 3 rings (SSSR count). The van der Waals surface area contributed by atoms with Gasteiger partial charge in [0.1, 0.15) is 13.2 Å². The van der Waals surface area contributed by atoms with Gasteiger partial charge in [-0.1, -0.05) is 81.4 Å². The molecular weight excluding hydrogens is 474 g/mol. The lowest BCUT2D eigenvalue weighted by molar-refractivity contribution is -0.170. The number of esters is 2. The number of nitrogens with one attached hydrogen (secondary N) is 1. The maximum absolute atomic E-state index is 13.2. The number of carbonyl (C=O) groups excluding carboxylic acids is 3. The average molecular weight is 512 g/mol. The van der Waals surface area contributed by atoms with E-state index in [2.05, 4.69) is 39.2 Å². The SMILES string of the molecule is CC(O[Si](C)(C)C(C)(C)C)C1C(=O)NC1C(C(=O)OCc1ccccc1)C(=O)OCc1ccccc1. The van der Waals surface area contributed by atoms with Gasteiger partial charge in [0, 0.05) is 0 Å². The third kappa shape index (κ3) is 6.62. The molecule has 1 saturated heterocycles. The molecular formula is C28H37NO6Si. The predicted molar refractivity (Wildman–Crippen MR) is 139 cm³/mol. The van der Waals surface area contributed by atoms with Crippen molar-refractivity contribution in [2.75, 3.05) is 0 Å². The largest absolute Gasteiger partial charge is 0.460 e. The van der Waals surface area contributed by atoms with Crippen LogP contribution in [0.5, 0.6) is 0 Å². The molecule has 0 radical (unpaired) electrons. The van der Waals surface area contributed by atoms with Crippen LogP contribution in [0.15, 0.2) is 60.7 Å². The Bertz CT molecular complexity index is 995. The van der Waals surface area contributed by atoms with Crippen LogP contribution < -0.4 is 5.32 Å². The van der Waals surface area contributed by atoms with E-state index in [1.165, 1.54) is 0 Å². The van der Waals surface area contributed by atoms with E-state index < -0.39 is 44.2 Å². The molecule has 0 bridgehead atoms. The maximum atomic E-state index is 13.2. The van der Waals surface area contributed by atoms with Crippen molar-refractivity contribution in [1.29, 1.82) is 0 Å². The second-order valence-electron chi connectivity index (χ2n) is 10.8. The van der Waals surface area contributed by atoms with E-state index in [1.807, 2.05) is 67.6 Å². The van der Waals surface area contributed by atoms with Crippen molar-refractivity contribution in [3.63, 3.8) is 0 Å². The fourth-order valence-corrected chi connectivity index (χ4v) is 5.38. The van der Waals surface area contributed by atoms with Crippen molar-refractivity contribution in [1.82, 2.24) is 5.32 Å². The first kappa shape index (κ1) is 27.6. The van der Waals surface area contributed by atoms with Crippen LogP contribution in [0.3, 0.4) is 0 Å². The highest BCUT2D eigenvalue weighted by Gasteiger charge is 2.55. The van der Waals surface area contributed by atoms with Gasteiger partial charge in [0.2, 0.25) is 5.91 Å². The molecule has 36 heavy (non-hydrogen) atoms. The Morgan fingerprint density at radius 1 is 0.889 bits per heavy atom. The Hall–Kier alpha value is -2.97. The van der Waals surface area contributed by atoms with Gasteiger partial charge >= 0.3 is 11.9 Å². The Morgan fingerprint density at radius 2 is 1.33 bits per heavy atom. The Balaban J connectivity index is 1.78. The van der Waals surface area contributed by atoms with Gasteiger partial charge in [0.05, 0.1) is 18.1 Å². The van der Waals surface area contributed by atoms with Crippen molar-refractivity contribution in [3.8, 4) is 0 Å². The zero-order valence-electron chi connectivity index (χ0n) is 21.9. The molecule has 1 amide bonds. The number of β-lactam (4-membered cyclic amide) rings is 1. The third-order valence-corrected chi connectivity index (χ3v) is 11.7. The maximum Gasteiger partial charge on any atom is 0.322 e. The lowest BCUT2D eigenvalue weighted by atomic mass is 9.78. The molecule has 194 valence electrons. The molecule has 2 aromatic carbocycles. The Morgan fingerprint density at radius 3 is 1.72 bits per heavy atom. The fraction of sp³-hybridized carbons (Fsp3) is 0.464. The molecule has 0 aromatic heterocycles. The lowest BCUT2D eigenvalue weighted by Gasteiger charge is -2.46.